The van der Waals surface area contributed by atoms with Crippen molar-refractivity contribution in [2.24, 2.45) is 0 Å². The lowest BCUT2D eigenvalue weighted by Gasteiger charge is -2.22. The highest BCUT2D eigenvalue weighted by molar-refractivity contribution is 7.98. The van der Waals surface area contributed by atoms with Crippen molar-refractivity contribution in [1.29, 1.82) is 0 Å². The fraction of sp³-hybridized carbons (Fsp3) is 0.409. The van der Waals surface area contributed by atoms with Crippen LogP contribution in [0.5, 0.6) is 5.75 Å². The van der Waals surface area contributed by atoms with Gasteiger partial charge in [0, 0.05) is 17.3 Å². The molecule has 0 aliphatic heterocycles. The summed E-state index contributed by atoms with van der Waals surface area (Å²) in [5, 5.41) is 3.55. The quantitative estimate of drug-likeness (QED) is 0.454. The van der Waals surface area contributed by atoms with Gasteiger partial charge in [0.25, 0.3) is 0 Å². The molecule has 0 aliphatic rings. The van der Waals surface area contributed by atoms with E-state index in [1.54, 1.807) is 36.0 Å². The normalized spacial score (nSPS) is 11.4. The van der Waals surface area contributed by atoms with Gasteiger partial charge in [0.05, 0.1) is 18.0 Å². The molecule has 6 nitrogen and oxygen atoms in total. The van der Waals surface area contributed by atoms with Crippen LogP contribution in [-0.2, 0) is 20.6 Å². The predicted molar refractivity (Wildman–Crippen MR) is 130 cm³/mol. The minimum absolute atomic E-state index is 0.0190. The van der Waals surface area contributed by atoms with E-state index in [1.165, 1.54) is 0 Å². The molecule has 0 aliphatic carbocycles. The second-order valence-corrected chi connectivity index (χ2v) is 10.7. The van der Waals surface area contributed by atoms with Gasteiger partial charge in [-0.1, -0.05) is 29.8 Å². The average molecular weight is 485 g/mol. The summed E-state index contributed by atoms with van der Waals surface area (Å²) in [7, 11) is -3.61. The Hall–Kier alpha value is -1.90. The maximum atomic E-state index is 12.3. The number of hydrogen-bond acceptors (Lipinski definition) is 5. The third-order valence-corrected chi connectivity index (χ3v) is 6.79. The molecule has 2 aromatic carbocycles. The number of halogens is 1. The minimum Gasteiger partial charge on any atom is -0.491 e. The Kier molecular flexibility index (Phi) is 9.99. The van der Waals surface area contributed by atoms with E-state index in [1.807, 2.05) is 38.1 Å². The van der Waals surface area contributed by atoms with Gasteiger partial charge >= 0.3 is 0 Å². The van der Waals surface area contributed by atoms with E-state index in [9.17, 15) is 13.2 Å². The molecule has 2 rings (SSSR count). The number of hydrogen-bond donors (Lipinski definition) is 1. The van der Waals surface area contributed by atoms with Crippen LogP contribution in [0.3, 0.4) is 0 Å². The van der Waals surface area contributed by atoms with Crippen molar-refractivity contribution in [2.75, 3.05) is 29.4 Å². The number of carbonyl (C=O) groups excluding carboxylic acids is 1. The van der Waals surface area contributed by atoms with Crippen molar-refractivity contribution in [1.82, 2.24) is 5.32 Å². The highest BCUT2D eigenvalue weighted by Crippen LogP contribution is 2.23. The molecule has 170 valence electrons. The van der Waals surface area contributed by atoms with Crippen molar-refractivity contribution in [3.8, 4) is 5.75 Å². The fourth-order valence-corrected chi connectivity index (χ4v) is 4.85. The van der Waals surface area contributed by atoms with Crippen LogP contribution in [0.4, 0.5) is 5.69 Å². The Bertz CT molecular complexity index is 950. The van der Waals surface area contributed by atoms with Crippen LogP contribution >= 0.6 is 23.4 Å². The Labute approximate surface area is 194 Å². The molecule has 0 fully saturated rings. The Morgan fingerprint density at radius 2 is 1.84 bits per heavy atom. The summed E-state index contributed by atoms with van der Waals surface area (Å²) in [6.45, 7) is 4.04. The number of carbonyl (C=O) groups is 1. The summed E-state index contributed by atoms with van der Waals surface area (Å²) < 4.78 is 31.1. The number of ether oxygens (including phenoxy) is 1. The lowest BCUT2D eigenvalue weighted by molar-refractivity contribution is -0.119. The van der Waals surface area contributed by atoms with Gasteiger partial charge in [0.2, 0.25) is 15.9 Å². The van der Waals surface area contributed by atoms with Crippen molar-refractivity contribution in [3.63, 3.8) is 0 Å². The number of thioether (sulfide) groups is 1. The Morgan fingerprint density at radius 1 is 1.16 bits per heavy atom. The second kappa shape index (κ2) is 12.2. The number of nitrogens with zero attached hydrogens (tertiary/aromatic N) is 1. The highest BCUT2D eigenvalue weighted by atomic mass is 35.5. The zero-order valence-corrected chi connectivity index (χ0v) is 20.4. The molecule has 0 spiro atoms. The fourth-order valence-electron chi connectivity index (χ4n) is 2.75. The summed E-state index contributed by atoms with van der Waals surface area (Å²) in [6.07, 6.45) is 1.89. The van der Waals surface area contributed by atoms with E-state index in [4.69, 9.17) is 16.3 Å². The zero-order chi connectivity index (χ0) is 22.9. The molecule has 0 aromatic heterocycles. The molecule has 1 amide bonds. The van der Waals surface area contributed by atoms with E-state index in [-0.39, 0.29) is 18.6 Å². The first kappa shape index (κ1) is 25.4. The number of rotatable bonds is 12. The topological polar surface area (TPSA) is 75.7 Å². The maximum Gasteiger partial charge on any atom is 0.240 e. The van der Waals surface area contributed by atoms with Crippen LogP contribution in [0.2, 0.25) is 5.02 Å². The van der Waals surface area contributed by atoms with E-state index in [2.05, 4.69) is 5.32 Å². The summed E-state index contributed by atoms with van der Waals surface area (Å²) in [5.41, 5.74) is 1.51. The van der Waals surface area contributed by atoms with E-state index in [0.717, 1.165) is 39.1 Å². The second-order valence-electron chi connectivity index (χ2n) is 7.28. The molecule has 9 heteroatoms. The molecule has 0 heterocycles. The molecule has 0 unspecified atom stereocenters. The van der Waals surface area contributed by atoms with Crippen LogP contribution in [0.1, 0.15) is 25.8 Å². The third-order valence-electron chi connectivity index (χ3n) is 4.19. The van der Waals surface area contributed by atoms with Crippen molar-refractivity contribution >= 4 is 45.0 Å². The standard InChI is InChI=1S/C22H29ClN2O4S2/c1-17(2)29-20-11-9-19(10-12-20)25(31(3,27)28)15-22(26)24-13-6-14-30-16-18-7-4-5-8-21(18)23/h4-5,7-12,17H,6,13-16H2,1-3H3,(H,24,26). The number of anilines is 1. The number of nitrogens with one attached hydrogen (secondary N) is 1. The highest BCUT2D eigenvalue weighted by Gasteiger charge is 2.20. The van der Waals surface area contributed by atoms with Crippen LogP contribution in [-0.4, -0.2) is 45.5 Å². The molecular weight excluding hydrogens is 456 g/mol. The van der Waals surface area contributed by atoms with Gasteiger partial charge in [0.15, 0.2) is 0 Å². The maximum absolute atomic E-state index is 12.3. The van der Waals surface area contributed by atoms with Gasteiger partial charge in [-0.2, -0.15) is 11.8 Å². The van der Waals surface area contributed by atoms with E-state index < -0.39 is 10.0 Å². The van der Waals surface area contributed by atoms with Gasteiger partial charge in [-0.05, 0) is 61.9 Å². The first-order valence-corrected chi connectivity index (χ1v) is 13.4. The van der Waals surface area contributed by atoms with E-state index in [0.29, 0.717) is 18.0 Å². The Balaban J connectivity index is 1.80. The van der Waals surface area contributed by atoms with Gasteiger partial charge in [0.1, 0.15) is 12.3 Å². The molecule has 0 saturated carbocycles. The zero-order valence-electron chi connectivity index (χ0n) is 18.0. The summed E-state index contributed by atoms with van der Waals surface area (Å²) in [4.78, 5) is 12.3. The van der Waals surface area contributed by atoms with Gasteiger partial charge in [-0.3, -0.25) is 9.10 Å². The third kappa shape index (κ3) is 9.01. The molecule has 0 atom stereocenters. The Morgan fingerprint density at radius 3 is 2.45 bits per heavy atom. The first-order chi connectivity index (χ1) is 14.7. The van der Waals surface area contributed by atoms with Crippen molar-refractivity contribution in [2.45, 2.75) is 32.1 Å². The van der Waals surface area contributed by atoms with Crippen LogP contribution in [0.25, 0.3) is 0 Å². The van der Waals surface area contributed by atoms with Crippen molar-refractivity contribution in [3.05, 3.63) is 59.1 Å². The van der Waals surface area contributed by atoms with Crippen LogP contribution in [0, 0.1) is 0 Å². The van der Waals surface area contributed by atoms with Crippen LogP contribution < -0.4 is 14.4 Å². The largest absolute Gasteiger partial charge is 0.491 e. The van der Waals surface area contributed by atoms with Gasteiger partial charge in [-0.25, -0.2) is 8.42 Å². The summed E-state index contributed by atoms with van der Waals surface area (Å²) in [6, 6.07) is 14.4. The van der Waals surface area contributed by atoms with Crippen LogP contribution in [0.15, 0.2) is 48.5 Å². The molecular formula is C22H29ClN2O4S2. The summed E-state index contributed by atoms with van der Waals surface area (Å²) in [5.74, 6) is 1.97. The van der Waals surface area contributed by atoms with Gasteiger partial charge in [-0.15, -0.1) is 0 Å². The van der Waals surface area contributed by atoms with Gasteiger partial charge < -0.3 is 10.1 Å². The molecule has 0 saturated heterocycles. The number of amides is 1. The van der Waals surface area contributed by atoms with Crippen molar-refractivity contribution < 1.29 is 17.9 Å². The number of benzene rings is 2. The molecule has 1 N–H and O–H groups in total. The molecule has 31 heavy (non-hydrogen) atoms. The predicted octanol–water partition coefficient (Wildman–Crippen LogP) is 4.33. The average Bonchev–Trinajstić information content (AvgIpc) is 2.69. The summed E-state index contributed by atoms with van der Waals surface area (Å²) >= 11 is 7.88. The minimum atomic E-state index is -3.61. The first-order valence-electron chi connectivity index (χ1n) is 9.99. The lowest BCUT2D eigenvalue weighted by Crippen LogP contribution is -2.40. The SMILES string of the molecule is CC(C)Oc1ccc(N(CC(=O)NCCCSCc2ccccc2Cl)S(C)(=O)=O)cc1. The smallest absolute Gasteiger partial charge is 0.240 e. The van der Waals surface area contributed by atoms with E-state index >= 15 is 0 Å². The lowest BCUT2D eigenvalue weighted by atomic mass is 10.2. The molecule has 0 radical (unpaired) electrons. The number of sulfonamides is 1. The monoisotopic (exact) mass is 484 g/mol. The molecule has 0 bridgehead atoms. The molecule has 2 aromatic rings.